The average Bonchev–Trinajstić information content (AvgIpc) is 2.33. The first kappa shape index (κ1) is 16.0. The third-order valence-corrected chi connectivity index (χ3v) is 3.44. The number of aliphatic hydroxyl groups is 2. The first-order chi connectivity index (χ1) is 8.32. The normalized spacial score (nSPS) is 37.4. The Labute approximate surface area is 104 Å². The molecule has 0 amide bonds. The van der Waals surface area contributed by atoms with Gasteiger partial charge in [-0.05, 0) is 6.92 Å². The third-order valence-electron chi connectivity index (χ3n) is 2.51. The molecule has 108 valence electrons. The lowest BCUT2D eigenvalue weighted by atomic mass is 10.2. The molecule has 5 atom stereocenters. The highest BCUT2D eigenvalue weighted by molar-refractivity contribution is 7.47. The van der Waals surface area contributed by atoms with Gasteiger partial charge in [0, 0.05) is 7.11 Å². The van der Waals surface area contributed by atoms with E-state index in [9.17, 15) is 14.8 Å². The molecular formula is C8H18NO8P. The monoisotopic (exact) mass is 287 g/mol. The molecule has 0 bridgehead atoms. The quantitative estimate of drug-likeness (QED) is 0.549. The molecule has 0 aliphatic carbocycles. The summed E-state index contributed by atoms with van der Waals surface area (Å²) in [5.74, 6) is 0. The van der Waals surface area contributed by atoms with Crippen LogP contribution in [0.4, 0.5) is 0 Å². The molecule has 1 aliphatic rings. The summed E-state index contributed by atoms with van der Waals surface area (Å²) in [7, 11) is -1.85. The Morgan fingerprint density at radius 3 is 2.44 bits per heavy atom. The summed E-state index contributed by atoms with van der Waals surface area (Å²) in [6.45, 7) is 1.17. The van der Waals surface area contributed by atoms with E-state index in [0.717, 1.165) is 12.2 Å². The molecule has 5 unspecified atom stereocenters. The molecule has 9 nitrogen and oxygen atoms in total. The summed E-state index contributed by atoms with van der Waals surface area (Å²) < 4.78 is 25.2. The highest BCUT2D eigenvalue weighted by Crippen LogP contribution is 2.42. The lowest BCUT2D eigenvalue weighted by molar-refractivity contribution is -0.367. The van der Waals surface area contributed by atoms with Crippen LogP contribution >= 0.6 is 7.82 Å². The second kappa shape index (κ2) is 6.38. The predicted molar refractivity (Wildman–Crippen MR) is 58.0 cm³/mol. The number of hydroxylamine groups is 2. The van der Waals surface area contributed by atoms with Gasteiger partial charge in [-0.1, -0.05) is 0 Å². The minimum Gasteiger partial charge on any atom is -0.373 e. The van der Waals surface area contributed by atoms with Crippen molar-refractivity contribution in [3.05, 3.63) is 0 Å². The van der Waals surface area contributed by atoms with E-state index in [1.54, 1.807) is 6.92 Å². The van der Waals surface area contributed by atoms with Gasteiger partial charge in [0.1, 0.15) is 6.10 Å². The van der Waals surface area contributed by atoms with E-state index < -0.39 is 32.5 Å². The van der Waals surface area contributed by atoms with E-state index in [4.69, 9.17) is 14.5 Å². The van der Waals surface area contributed by atoms with E-state index >= 15 is 0 Å². The molecular weight excluding hydrogens is 269 g/mol. The molecule has 10 heteroatoms. The summed E-state index contributed by atoms with van der Waals surface area (Å²) in [5, 5.41) is 20.4. The van der Waals surface area contributed by atoms with Crippen LogP contribution in [-0.4, -0.2) is 65.7 Å². The van der Waals surface area contributed by atoms with Crippen LogP contribution in [-0.2, 0) is 23.2 Å². The van der Waals surface area contributed by atoms with Crippen LogP contribution in [0.1, 0.15) is 6.92 Å². The van der Waals surface area contributed by atoms with E-state index in [-0.39, 0.29) is 6.61 Å². The van der Waals surface area contributed by atoms with Crippen molar-refractivity contribution in [3.63, 3.8) is 0 Å². The zero-order chi connectivity index (χ0) is 13.9. The molecule has 0 saturated carbocycles. The maximum Gasteiger partial charge on any atom is 0.472 e. The molecule has 1 fully saturated rings. The van der Waals surface area contributed by atoms with E-state index in [1.807, 2.05) is 0 Å². The van der Waals surface area contributed by atoms with Crippen LogP contribution < -0.4 is 0 Å². The minimum absolute atomic E-state index is 0.389. The van der Waals surface area contributed by atoms with Crippen molar-refractivity contribution in [2.45, 2.75) is 31.6 Å². The molecule has 1 saturated heterocycles. The first-order valence-electron chi connectivity index (χ1n) is 5.19. The van der Waals surface area contributed by atoms with Crippen molar-refractivity contribution in [2.24, 2.45) is 0 Å². The van der Waals surface area contributed by atoms with E-state index in [0.29, 0.717) is 0 Å². The lowest BCUT2D eigenvalue weighted by Crippen LogP contribution is -2.60. The summed E-state index contributed by atoms with van der Waals surface area (Å²) in [5.41, 5.74) is 0. The van der Waals surface area contributed by atoms with Gasteiger partial charge in [0.15, 0.2) is 12.5 Å². The van der Waals surface area contributed by atoms with Crippen molar-refractivity contribution in [1.29, 1.82) is 0 Å². The largest absolute Gasteiger partial charge is 0.472 e. The Kier molecular flexibility index (Phi) is 5.66. The van der Waals surface area contributed by atoms with Gasteiger partial charge in [0.05, 0.1) is 19.8 Å². The van der Waals surface area contributed by atoms with Gasteiger partial charge in [0.2, 0.25) is 0 Å². The van der Waals surface area contributed by atoms with Crippen LogP contribution in [0.25, 0.3) is 0 Å². The number of aliphatic hydroxyl groups excluding tert-OH is 2. The zero-order valence-electron chi connectivity index (χ0n) is 10.3. The molecule has 3 N–H and O–H groups in total. The van der Waals surface area contributed by atoms with Gasteiger partial charge in [-0.25, -0.2) is 4.57 Å². The minimum atomic E-state index is -4.14. The van der Waals surface area contributed by atoms with Gasteiger partial charge in [-0.15, -0.1) is 5.06 Å². The number of hydrogen-bond acceptors (Lipinski definition) is 8. The van der Waals surface area contributed by atoms with Gasteiger partial charge in [-0.3, -0.25) is 13.9 Å². The summed E-state index contributed by atoms with van der Waals surface area (Å²) in [6.07, 6.45) is -4.11. The van der Waals surface area contributed by atoms with E-state index in [1.165, 1.54) is 7.11 Å². The zero-order valence-corrected chi connectivity index (χ0v) is 11.2. The number of ether oxygens (including phenoxy) is 1. The van der Waals surface area contributed by atoms with Crippen LogP contribution in [0.5, 0.6) is 0 Å². The number of phosphoric ester groups is 1. The SMILES string of the molecule is CON1C(O)C(C)OC(COP(=O)(O)OC)C1O. The van der Waals surface area contributed by atoms with Crippen LogP contribution in [0.2, 0.25) is 0 Å². The maximum absolute atomic E-state index is 11.1. The van der Waals surface area contributed by atoms with Crippen LogP contribution in [0, 0.1) is 0 Å². The maximum atomic E-state index is 11.1. The Balaban J connectivity index is 2.63. The van der Waals surface area contributed by atoms with Crippen molar-refractivity contribution in [2.75, 3.05) is 20.8 Å². The Morgan fingerprint density at radius 1 is 1.33 bits per heavy atom. The fourth-order valence-electron chi connectivity index (χ4n) is 1.51. The molecule has 0 radical (unpaired) electrons. The standard InChI is InChI=1S/C8H18NO8P/c1-5-7(10)9(14-2)8(11)6(17-5)4-16-18(12,13)15-3/h5-8,10-11H,4H2,1-3H3,(H,12,13). The Hall–Kier alpha value is -0.0900. The Bertz CT molecular complexity index is 315. The van der Waals surface area contributed by atoms with Gasteiger partial charge in [0.25, 0.3) is 0 Å². The molecule has 0 spiro atoms. The predicted octanol–water partition coefficient (Wildman–Crippen LogP) is -0.963. The van der Waals surface area contributed by atoms with Crippen molar-refractivity contribution < 1.29 is 38.3 Å². The fourth-order valence-corrected chi connectivity index (χ4v) is 1.95. The second-order valence-corrected chi connectivity index (χ2v) is 5.26. The van der Waals surface area contributed by atoms with Gasteiger partial charge < -0.3 is 19.8 Å². The molecule has 1 heterocycles. The van der Waals surface area contributed by atoms with Crippen molar-refractivity contribution in [3.8, 4) is 0 Å². The number of nitrogens with zero attached hydrogens (tertiary/aromatic N) is 1. The smallest absolute Gasteiger partial charge is 0.373 e. The van der Waals surface area contributed by atoms with Crippen LogP contribution in [0.15, 0.2) is 0 Å². The molecule has 18 heavy (non-hydrogen) atoms. The van der Waals surface area contributed by atoms with Crippen LogP contribution in [0.3, 0.4) is 0 Å². The molecule has 1 aliphatic heterocycles. The number of hydrogen-bond donors (Lipinski definition) is 3. The first-order valence-corrected chi connectivity index (χ1v) is 6.69. The van der Waals surface area contributed by atoms with Gasteiger partial charge in [-0.2, -0.15) is 0 Å². The topological polar surface area (TPSA) is 118 Å². The number of rotatable bonds is 5. The number of phosphoric acid groups is 1. The fraction of sp³-hybridized carbons (Fsp3) is 1.00. The lowest BCUT2D eigenvalue weighted by Gasteiger charge is -2.42. The van der Waals surface area contributed by atoms with Crippen molar-refractivity contribution in [1.82, 2.24) is 5.06 Å². The summed E-state index contributed by atoms with van der Waals surface area (Å²) in [4.78, 5) is 13.9. The summed E-state index contributed by atoms with van der Waals surface area (Å²) in [6, 6.07) is 0. The molecule has 1 rings (SSSR count). The van der Waals surface area contributed by atoms with Gasteiger partial charge >= 0.3 is 7.82 Å². The Morgan fingerprint density at radius 2 is 1.94 bits per heavy atom. The molecule has 0 aromatic rings. The second-order valence-electron chi connectivity index (χ2n) is 3.70. The molecule has 0 aromatic heterocycles. The summed E-state index contributed by atoms with van der Waals surface area (Å²) >= 11 is 0. The number of morpholine rings is 1. The van der Waals surface area contributed by atoms with E-state index in [2.05, 4.69) is 9.05 Å². The highest BCUT2D eigenvalue weighted by atomic mass is 31.2. The molecule has 0 aromatic carbocycles. The average molecular weight is 287 g/mol. The third kappa shape index (κ3) is 3.70. The van der Waals surface area contributed by atoms with Crippen molar-refractivity contribution >= 4 is 7.82 Å². The highest BCUT2D eigenvalue weighted by Gasteiger charge is 2.42.